The molecule has 5 unspecified atom stereocenters. The normalized spacial score (nSPS) is 22.3. The molecule has 18 heteroatoms. The lowest BCUT2D eigenvalue weighted by Gasteiger charge is -2.61. The summed E-state index contributed by atoms with van der Waals surface area (Å²) in [6.07, 6.45) is 18.8. The SMILES string of the molecule is CC(C)CCCC(C)[C@H]1CCC2C3CCC4C[C@@H](CCC=C(c5cc(Cl)c(OCc6ccc(COc7cc(C(=O)O)ccc7C(=O)O)cc6)c(C(=O)O)c5)c5cc(Cl)c(OCc6ccc(COc7cc(C(=O)O)ccc7C(=O)O)cc6)c(C(=O)O)c5)CC[C@]4(C)C3CC[C@@]21C. The highest BCUT2D eigenvalue weighted by molar-refractivity contribution is 6.33. The monoisotopic (exact) mass is 1330 g/mol. The zero-order valence-electron chi connectivity index (χ0n) is 54.3. The van der Waals surface area contributed by atoms with Gasteiger partial charge in [0.25, 0.3) is 0 Å². The van der Waals surface area contributed by atoms with E-state index in [9.17, 15) is 59.4 Å². The minimum absolute atomic E-state index is 0.0115. The Balaban J connectivity index is 0.871. The molecule has 4 fully saturated rings. The van der Waals surface area contributed by atoms with Crippen LogP contribution in [0.1, 0.15) is 220 Å². The van der Waals surface area contributed by atoms with Crippen molar-refractivity contribution in [1.82, 2.24) is 0 Å². The van der Waals surface area contributed by atoms with Crippen molar-refractivity contribution in [3.8, 4) is 23.0 Å². The van der Waals surface area contributed by atoms with E-state index in [1.807, 2.05) is 6.08 Å². The predicted octanol–water partition coefficient (Wildman–Crippen LogP) is 18.4. The molecule has 0 heterocycles. The summed E-state index contributed by atoms with van der Waals surface area (Å²) in [5.74, 6) is -2.36. The molecule has 0 radical (unpaired) electrons. The Morgan fingerprint density at radius 1 is 0.495 bits per heavy atom. The van der Waals surface area contributed by atoms with Crippen molar-refractivity contribution in [1.29, 1.82) is 0 Å². The van der Waals surface area contributed by atoms with E-state index in [4.69, 9.17) is 42.1 Å². The molecule has 95 heavy (non-hydrogen) atoms. The van der Waals surface area contributed by atoms with Crippen molar-refractivity contribution in [3.63, 3.8) is 0 Å². The summed E-state index contributed by atoms with van der Waals surface area (Å²) >= 11 is 14.1. The first kappa shape index (κ1) is 69.5. The molecule has 502 valence electrons. The topological polar surface area (TPSA) is 261 Å². The molecule has 16 nitrogen and oxygen atoms in total. The largest absolute Gasteiger partial charge is 0.488 e. The second-order valence-electron chi connectivity index (χ2n) is 27.7. The van der Waals surface area contributed by atoms with Crippen molar-refractivity contribution >= 4 is 64.6 Å². The molecule has 0 amide bonds. The van der Waals surface area contributed by atoms with Crippen molar-refractivity contribution in [2.75, 3.05) is 0 Å². The first-order valence-electron chi connectivity index (χ1n) is 33.0. The highest BCUT2D eigenvalue weighted by Crippen LogP contribution is 2.69. The minimum Gasteiger partial charge on any atom is -0.488 e. The molecule has 10 rings (SSSR count). The van der Waals surface area contributed by atoms with E-state index in [2.05, 4.69) is 34.6 Å². The second-order valence-corrected chi connectivity index (χ2v) is 28.5. The Labute approximate surface area is 564 Å². The van der Waals surface area contributed by atoms with Gasteiger partial charge in [-0.2, -0.15) is 0 Å². The van der Waals surface area contributed by atoms with E-state index in [-0.39, 0.29) is 92.9 Å². The highest BCUT2D eigenvalue weighted by atomic mass is 35.5. The summed E-state index contributed by atoms with van der Waals surface area (Å²) in [5.41, 5.74) is 3.37. The summed E-state index contributed by atoms with van der Waals surface area (Å²) in [4.78, 5) is 73.4. The van der Waals surface area contributed by atoms with Crippen LogP contribution in [0.25, 0.3) is 5.57 Å². The van der Waals surface area contributed by atoms with E-state index in [1.165, 1.54) is 101 Å². The number of ether oxygens (including phenoxy) is 4. The average Bonchev–Trinajstić information content (AvgIpc) is 1.71. The van der Waals surface area contributed by atoms with Gasteiger partial charge < -0.3 is 49.6 Å². The number of hydrogen-bond donors (Lipinski definition) is 6. The molecule has 0 spiro atoms. The van der Waals surface area contributed by atoms with Crippen molar-refractivity contribution < 1.29 is 78.4 Å². The van der Waals surface area contributed by atoms with Crippen LogP contribution in [0, 0.1) is 58.2 Å². The van der Waals surface area contributed by atoms with Gasteiger partial charge in [0.1, 0.15) is 60.2 Å². The van der Waals surface area contributed by atoms with Crippen molar-refractivity contribution in [3.05, 3.63) is 192 Å². The van der Waals surface area contributed by atoms with Gasteiger partial charge in [-0.25, -0.2) is 28.8 Å². The summed E-state index contributed by atoms with van der Waals surface area (Å²) in [5, 5.41) is 59.9. The molecule has 0 saturated heterocycles. The molecular formula is C77H84Cl2O16. The number of fused-ring (bicyclic) bond motifs is 5. The third-order valence-electron chi connectivity index (χ3n) is 21.6. The Hall–Kier alpha value is -8.34. The molecule has 0 aliphatic heterocycles. The van der Waals surface area contributed by atoms with Gasteiger partial charge in [0.2, 0.25) is 0 Å². The van der Waals surface area contributed by atoms with Gasteiger partial charge in [-0.15, -0.1) is 0 Å². The number of halogens is 2. The zero-order valence-corrected chi connectivity index (χ0v) is 55.8. The van der Waals surface area contributed by atoms with Crippen LogP contribution in [-0.4, -0.2) is 66.5 Å². The third-order valence-corrected chi connectivity index (χ3v) is 22.1. The molecule has 4 aliphatic rings. The number of carboxylic acids is 6. The van der Waals surface area contributed by atoms with Gasteiger partial charge in [0.15, 0.2) is 11.5 Å². The van der Waals surface area contributed by atoms with E-state index in [0.29, 0.717) is 68.0 Å². The second kappa shape index (κ2) is 29.7. The lowest BCUT2D eigenvalue weighted by atomic mass is 9.44. The average molecular weight is 1340 g/mol. The van der Waals surface area contributed by atoms with Gasteiger partial charge in [0, 0.05) is 0 Å². The Morgan fingerprint density at radius 2 is 0.947 bits per heavy atom. The number of hydrogen-bond acceptors (Lipinski definition) is 10. The summed E-state index contributed by atoms with van der Waals surface area (Å²) in [6, 6.07) is 26.9. The molecule has 4 saturated carbocycles. The fourth-order valence-electron chi connectivity index (χ4n) is 16.6. The molecule has 4 aliphatic carbocycles. The van der Waals surface area contributed by atoms with Crippen LogP contribution in [0.5, 0.6) is 23.0 Å². The molecule has 6 aromatic carbocycles. The van der Waals surface area contributed by atoms with Crippen molar-refractivity contribution in [2.24, 2.45) is 58.2 Å². The molecular weight excluding hydrogens is 1250 g/mol. The highest BCUT2D eigenvalue weighted by Gasteiger charge is 2.60. The van der Waals surface area contributed by atoms with Crippen LogP contribution in [0.4, 0.5) is 0 Å². The van der Waals surface area contributed by atoms with Gasteiger partial charge in [-0.05, 0) is 228 Å². The third kappa shape index (κ3) is 15.7. The van der Waals surface area contributed by atoms with Crippen LogP contribution < -0.4 is 18.9 Å². The first-order valence-corrected chi connectivity index (χ1v) is 33.8. The van der Waals surface area contributed by atoms with Crippen LogP contribution in [0.2, 0.25) is 10.0 Å². The number of allylic oxidation sites excluding steroid dienone is 1. The fourth-order valence-corrected chi connectivity index (χ4v) is 17.2. The van der Waals surface area contributed by atoms with Gasteiger partial charge >= 0.3 is 35.8 Å². The molecule has 0 bridgehead atoms. The van der Waals surface area contributed by atoms with Crippen LogP contribution in [0.3, 0.4) is 0 Å². The van der Waals surface area contributed by atoms with Crippen LogP contribution in [-0.2, 0) is 26.4 Å². The van der Waals surface area contributed by atoms with E-state index < -0.39 is 35.8 Å². The number of benzene rings is 6. The zero-order chi connectivity index (χ0) is 68.0. The quantitative estimate of drug-likeness (QED) is 0.0267. The molecule has 6 N–H and O–H groups in total. The molecule has 9 atom stereocenters. The summed E-state index contributed by atoms with van der Waals surface area (Å²) < 4.78 is 23.8. The predicted molar refractivity (Wildman–Crippen MR) is 361 cm³/mol. The van der Waals surface area contributed by atoms with Gasteiger partial charge in [-0.3, -0.25) is 0 Å². The Bertz CT molecular complexity index is 3700. The maximum absolute atomic E-state index is 13.3. The smallest absolute Gasteiger partial charge is 0.339 e. The lowest BCUT2D eigenvalue weighted by molar-refractivity contribution is -0.121. The molecule has 6 aromatic rings. The number of rotatable bonds is 28. The number of aromatic carboxylic acids is 6. The maximum atomic E-state index is 13.3. The maximum Gasteiger partial charge on any atom is 0.339 e. The van der Waals surface area contributed by atoms with Crippen LogP contribution >= 0.6 is 23.2 Å². The van der Waals surface area contributed by atoms with Crippen molar-refractivity contribution in [2.45, 2.75) is 151 Å². The summed E-state index contributed by atoms with van der Waals surface area (Å²) in [6.45, 7) is 12.1. The van der Waals surface area contributed by atoms with Gasteiger partial charge in [0.05, 0.1) is 21.2 Å². The number of carbonyl (C=O) groups is 6. The lowest BCUT2D eigenvalue weighted by Crippen LogP contribution is -2.53. The fraction of sp³-hybridized carbons (Fsp3) is 0.429. The van der Waals surface area contributed by atoms with E-state index in [1.54, 1.807) is 60.7 Å². The van der Waals surface area contributed by atoms with Gasteiger partial charge in [-0.1, -0.05) is 132 Å². The first-order chi connectivity index (χ1) is 45.3. The minimum atomic E-state index is -1.32. The van der Waals surface area contributed by atoms with E-state index in [0.717, 1.165) is 66.9 Å². The standard InChI is InChI=1S/C77H84Cl2O16/c1-43(2)8-6-9-44(3)61-26-27-62-56-25-22-54-32-45(28-30-76(54,4)63(56)29-31-77(61,62)5)10-7-11-55(52-33-59(74(88)89)68(64(78)35-52)94-41-48-16-12-46(13-17-48)39-92-66-37-50(70(80)81)20-23-57(66)72(84)85)53-34-60(75(90)91)69(65(79)36-53)95-42-49-18-14-47(15-19-49)40-93-67-38-51(71(82)83)21-24-58(67)73(86)87/h11-21,23-24,33-38,43-45,54,56,61-63H,6-10,22,25-32,39-42H2,1-5H3,(H,80,81)(H,82,83)(H,84,85)(H,86,87)(H,88,89)(H,90,91)/t44?,45-,54?,56?,61+,62?,63?,76-,77+/m0/s1. The van der Waals surface area contributed by atoms with E-state index >= 15 is 0 Å². The number of carboxylic acid groups (broad SMARTS) is 6. The van der Waals surface area contributed by atoms with Crippen LogP contribution in [0.15, 0.2) is 115 Å². The Morgan fingerprint density at radius 3 is 1.40 bits per heavy atom. The molecule has 0 aromatic heterocycles. The summed E-state index contributed by atoms with van der Waals surface area (Å²) in [7, 11) is 0. The Kier molecular flexibility index (Phi) is 21.8.